The van der Waals surface area contributed by atoms with Crippen molar-refractivity contribution in [3.63, 3.8) is 0 Å². The third-order valence-electron chi connectivity index (χ3n) is 6.92. The molecule has 0 unspecified atom stereocenters. The molecular weight excluding hydrogens is 388 g/mol. The van der Waals surface area contributed by atoms with Gasteiger partial charge >= 0.3 is 0 Å². The number of nitrogens with one attached hydrogen (secondary N) is 1. The van der Waals surface area contributed by atoms with E-state index in [9.17, 15) is 0 Å². The molecule has 0 bridgehead atoms. The largest absolute Gasteiger partial charge is 0.385 e. The minimum Gasteiger partial charge on any atom is -0.385 e. The van der Waals surface area contributed by atoms with Gasteiger partial charge in [-0.3, -0.25) is 0 Å². The highest BCUT2D eigenvalue weighted by atomic mass is 15.1. The van der Waals surface area contributed by atoms with Gasteiger partial charge in [-0.05, 0) is 25.0 Å². The van der Waals surface area contributed by atoms with Gasteiger partial charge in [0.2, 0.25) is 0 Å². The van der Waals surface area contributed by atoms with Crippen molar-refractivity contribution in [1.29, 1.82) is 0 Å². The van der Waals surface area contributed by atoms with E-state index >= 15 is 0 Å². The van der Waals surface area contributed by atoms with Crippen LogP contribution >= 0.6 is 0 Å². The van der Waals surface area contributed by atoms with Gasteiger partial charge in [-0.1, -0.05) is 136 Å². The first kappa shape index (κ1) is 29.1. The molecule has 2 nitrogen and oxygen atoms in total. The molecule has 1 aliphatic heterocycles. The number of nitrogens with zero attached hydrogens (tertiary/aromatic N) is 1. The quantitative estimate of drug-likeness (QED) is 0.148. The van der Waals surface area contributed by atoms with Crippen LogP contribution in [-0.4, -0.2) is 24.5 Å². The zero-order chi connectivity index (χ0) is 23.0. The monoisotopic (exact) mass is 446 g/mol. The number of rotatable bonds is 24. The van der Waals surface area contributed by atoms with E-state index in [1.807, 2.05) is 0 Å². The molecule has 0 aromatic carbocycles. The first-order chi connectivity index (χ1) is 15.9. The normalized spacial score (nSPS) is 13.6. The van der Waals surface area contributed by atoms with Crippen LogP contribution < -0.4 is 5.32 Å². The van der Waals surface area contributed by atoms with E-state index in [1.54, 1.807) is 0 Å². The molecular formula is C30H58N2. The first-order valence-electron chi connectivity index (χ1n) is 14.7. The summed E-state index contributed by atoms with van der Waals surface area (Å²) in [4.78, 5) is 2.47. The number of hydrogen-bond acceptors (Lipinski definition) is 2. The lowest BCUT2D eigenvalue weighted by Gasteiger charge is -2.23. The lowest BCUT2D eigenvalue weighted by molar-refractivity contribution is 0.389. The SMILES string of the molecule is CCCCCCCCCCCCCNC1=CCN(CCCCCCCCCCCC)C=C1. The smallest absolute Gasteiger partial charge is 0.0376 e. The second-order valence-electron chi connectivity index (χ2n) is 10.1. The Balaban J connectivity index is 1.83. The van der Waals surface area contributed by atoms with Crippen molar-refractivity contribution in [1.82, 2.24) is 10.2 Å². The third kappa shape index (κ3) is 18.6. The molecule has 1 aliphatic rings. The zero-order valence-corrected chi connectivity index (χ0v) is 22.1. The molecule has 0 saturated carbocycles. The first-order valence-corrected chi connectivity index (χ1v) is 14.7. The molecule has 0 spiro atoms. The van der Waals surface area contributed by atoms with Crippen molar-refractivity contribution in [2.75, 3.05) is 19.6 Å². The van der Waals surface area contributed by atoms with Crippen LogP contribution in [0.2, 0.25) is 0 Å². The second kappa shape index (κ2) is 23.2. The molecule has 0 aromatic heterocycles. The highest BCUT2D eigenvalue weighted by molar-refractivity contribution is 5.20. The van der Waals surface area contributed by atoms with Gasteiger partial charge in [0.25, 0.3) is 0 Å². The predicted molar refractivity (Wildman–Crippen MR) is 145 cm³/mol. The zero-order valence-electron chi connectivity index (χ0n) is 22.1. The third-order valence-corrected chi connectivity index (χ3v) is 6.92. The van der Waals surface area contributed by atoms with Crippen LogP contribution in [0, 0.1) is 0 Å². The van der Waals surface area contributed by atoms with Crippen molar-refractivity contribution in [2.45, 2.75) is 149 Å². The topological polar surface area (TPSA) is 15.3 Å². The summed E-state index contributed by atoms with van der Waals surface area (Å²) < 4.78 is 0. The second-order valence-corrected chi connectivity index (χ2v) is 10.1. The van der Waals surface area contributed by atoms with Gasteiger partial charge in [-0.15, -0.1) is 0 Å². The summed E-state index contributed by atoms with van der Waals surface area (Å²) in [6.45, 7) is 8.02. The molecule has 1 rings (SSSR count). The standard InChI is InChI=1S/C30H58N2/c1-3-5-7-9-11-13-15-16-18-20-22-26-31-30-24-28-32(29-25-30)27-23-21-19-17-14-12-10-8-6-4-2/h24-25,28,31H,3-23,26-27,29H2,1-2H3. The lowest BCUT2D eigenvalue weighted by atomic mass is 10.1. The molecule has 0 aliphatic carbocycles. The maximum atomic E-state index is 3.63. The van der Waals surface area contributed by atoms with Crippen LogP contribution in [0.1, 0.15) is 149 Å². The van der Waals surface area contributed by atoms with Crippen molar-refractivity contribution in [3.8, 4) is 0 Å². The summed E-state index contributed by atoms with van der Waals surface area (Å²) >= 11 is 0. The van der Waals surface area contributed by atoms with E-state index in [4.69, 9.17) is 0 Å². The fraction of sp³-hybridized carbons (Fsp3) is 0.867. The van der Waals surface area contributed by atoms with Gasteiger partial charge in [0.05, 0.1) is 0 Å². The van der Waals surface area contributed by atoms with Crippen LogP contribution in [0.5, 0.6) is 0 Å². The molecule has 0 saturated heterocycles. The Labute approximate surface area is 202 Å². The van der Waals surface area contributed by atoms with Crippen molar-refractivity contribution < 1.29 is 0 Å². The van der Waals surface area contributed by atoms with Gasteiger partial charge in [0.1, 0.15) is 0 Å². The van der Waals surface area contributed by atoms with E-state index in [2.05, 4.69) is 42.4 Å². The Bertz CT molecular complexity index is 440. The number of allylic oxidation sites excluding steroid dienone is 1. The molecule has 0 atom stereocenters. The minimum atomic E-state index is 1.08. The highest BCUT2D eigenvalue weighted by Crippen LogP contribution is 2.13. The van der Waals surface area contributed by atoms with E-state index in [0.717, 1.165) is 13.1 Å². The summed E-state index contributed by atoms with van der Waals surface area (Å²) in [6, 6.07) is 0. The predicted octanol–water partition coefficient (Wildman–Crippen LogP) is 9.52. The van der Waals surface area contributed by atoms with Crippen LogP contribution in [0.15, 0.2) is 24.0 Å². The average Bonchev–Trinajstić information content (AvgIpc) is 2.82. The van der Waals surface area contributed by atoms with Gasteiger partial charge < -0.3 is 10.2 Å². The minimum absolute atomic E-state index is 1.08. The van der Waals surface area contributed by atoms with Crippen LogP contribution in [-0.2, 0) is 0 Å². The molecule has 2 heteroatoms. The summed E-state index contributed by atoms with van der Waals surface area (Å²) in [5.74, 6) is 0. The van der Waals surface area contributed by atoms with Gasteiger partial charge in [0.15, 0.2) is 0 Å². The fourth-order valence-corrected chi connectivity index (χ4v) is 4.65. The molecule has 188 valence electrons. The van der Waals surface area contributed by atoms with Crippen LogP contribution in [0.25, 0.3) is 0 Å². The fourth-order valence-electron chi connectivity index (χ4n) is 4.65. The van der Waals surface area contributed by atoms with Gasteiger partial charge in [0, 0.05) is 31.5 Å². The van der Waals surface area contributed by atoms with Gasteiger partial charge in [-0.25, -0.2) is 0 Å². The Kier molecular flexibility index (Phi) is 21.1. The maximum Gasteiger partial charge on any atom is 0.0376 e. The summed E-state index contributed by atoms with van der Waals surface area (Å²) in [7, 11) is 0. The Morgan fingerprint density at radius 3 is 1.47 bits per heavy atom. The Morgan fingerprint density at radius 1 is 0.594 bits per heavy atom. The van der Waals surface area contributed by atoms with Crippen molar-refractivity contribution in [3.05, 3.63) is 24.0 Å². The highest BCUT2D eigenvalue weighted by Gasteiger charge is 2.04. The lowest BCUT2D eigenvalue weighted by Crippen LogP contribution is -2.24. The molecule has 32 heavy (non-hydrogen) atoms. The van der Waals surface area contributed by atoms with E-state index in [1.165, 1.54) is 147 Å². The molecule has 1 N–H and O–H groups in total. The number of unbranched alkanes of at least 4 members (excludes halogenated alkanes) is 19. The number of hydrogen-bond donors (Lipinski definition) is 1. The summed E-state index contributed by atoms with van der Waals surface area (Å²) in [6.07, 6.45) is 36.7. The van der Waals surface area contributed by atoms with Crippen molar-refractivity contribution in [2.24, 2.45) is 0 Å². The van der Waals surface area contributed by atoms with Crippen LogP contribution in [0.3, 0.4) is 0 Å². The molecule has 0 amide bonds. The van der Waals surface area contributed by atoms with Crippen molar-refractivity contribution >= 4 is 0 Å². The van der Waals surface area contributed by atoms with Crippen LogP contribution in [0.4, 0.5) is 0 Å². The molecule has 0 radical (unpaired) electrons. The van der Waals surface area contributed by atoms with E-state index < -0.39 is 0 Å². The summed E-state index contributed by atoms with van der Waals surface area (Å²) in [5.41, 5.74) is 1.33. The average molecular weight is 447 g/mol. The Morgan fingerprint density at radius 2 is 1.03 bits per heavy atom. The van der Waals surface area contributed by atoms with E-state index in [0.29, 0.717) is 0 Å². The Hall–Kier alpha value is -0.920. The molecule has 0 fully saturated rings. The molecule has 0 aromatic rings. The molecule has 1 heterocycles. The van der Waals surface area contributed by atoms with E-state index in [-0.39, 0.29) is 0 Å². The maximum absolute atomic E-state index is 3.63. The summed E-state index contributed by atoms with van der Waals surface area (Å²) in [5, 5.41) is 3.63. The van der Waals surface area contributed by atoms with Gasteiger partial charge in [-0.2, -0.15) is 0 Å².